The summed E-state index contributed by atoms with van der Waals surface area (Å²) in [6, 6.07) is 0. The number of aliphatic hydroxyl groups excluding tert-OH is 1. The lowest BCUT2D eigenvalue weighted by Crippen LogP contribution is -2.27. The van der Waals surface area contributed by atoms with E-state index >= 15 is 0 Å². The van der Waals surface area contributed by atoms with Crippen LogP contribution < -0.4 is 0 Å². The second-order valence-electron chi connectivity index (χ2n) is 16.9. The van der Waals surface area contributed by atoms with E-state index in [1.54, 1.807) is 0 Å². The van der Waals surface area contributed by atoms with Crippen LogP contribution in [-0.2, 0) is 19.1 Å². The van der Waals surface area contributed by atoms with Crippen molar-refractivity contribution in [3.63, 3.8) is 0 Å². The number of ether oxygens (including phenoxy) is 2. The van der Waals surface area contributed by atoms with Crippen molar-refractivity contribution in [2.45, 2.75) is 234 Å². The fourth-order valence-corrected chi connectivity index (χ4v) is 7.25. The van der Waals surface area contributed by atoms with E-state index < -0.39 is 0 Å². The second kappa shape index (κ2) is 38.1. The predicted molar refractivity (Wildman–Crippen MR) is 223 cm³/mol. The Morgan fingerprint density at radius 2 is 0.981 bits per heavy atom. The normalized spacial score (nSPS) is 11.9. The number of unbranched alkanes of at least 4 members (excludes halogenated alkanes) is 19. The maximum absolute atomic E-state index is 12.7. The molecule has 0 atom stereocenters. The Bertz CT molecular complexity index is 760. The van der Waals surface area contributed by atoms with Crippen LogP contribution in [-0.4, -0.2) is 61.4 Å². The van der Waals surface area contributed by atoms with E-state index in [9.17, 15) is 14.7 Å². The van der Waals surface area contributed by atoms with Gasteiger partial charge in [0.2, 0.25) is 0 Å². The van der Waals surface area contributed by atoms with E-state index in [0.29, 0.717) is 32.0 Å². The Balaban J connectivity index is 4.17. The van der Waals surface area contributed by atoms with E-state index in [-0.39, 0.29) is 24.0 Å². The molecule has 6 heteroatoms. The van der Waals surface area contributed by atoms with Crippen molar-refractivity contribution >= 4 is 11.9 Å². The Morgan fingerprint density at radius 1 is 0.519 bits per heavy atom. The standard InChI is InChI=1S/C46H91NO5/c1-6-9-12-15-16-20-30-41-51-44(49)33-24-18-17-19-26-37-47(39-28-29-40-48)38-27-21-25-36-46(4,5)42-52-45(50)35-34-43(31-22-13-10-7-2)32-23-14-11-8-3/h43,48H,6-42H2,1-5H3. The van der Waals surface area contributed by atoms with Crippen LogP contribution in [0.25, 0.3) is 0 Å². The highest BCUT2D eigenvalue weighted by molar-refractivity contribution is 5.69. The molecule has 6 nitrogen and oxygen atoms in total. The van der Waals surface area contributed by atoms with Gasteiger partial charge in [0.15, 0.2) is 0 Å². The minimum atomic E-state index is -0.0225. The first-order valence-corrected chi connectivity index (χ1v) is 22.9. The predicted octanol–water partition coefficient (Wildman–Crippen LogP) is 13.2. The Hall–Kier alpha value is -1.14. The van der Waals surface area contributed by atoms with Crippen molar-refractivity contribution in [1.82, 2.24) is 4.90 Å². The number of aliphatic hydroxyl groups is 1. The molecule has 0 saturated heterocycles. The SMILES string of the molecule is CCCCCCCCCOC(=O)CCCCCCCN(CCCCO)CCCCCC(C)(C)COC(=O)CCC(CCCCCC)CCCCCC. The average Bonchev–Trinajstić information content (AvgIpc) is 3.13. The number of carbonyl (C=O) groups excluding carboxylic acids is 2. The summed E-state index contributed by atoms with van der Waals surface area (Å²) in [6.45, 7) is 15.9. The molecule has 0 saturated carbocycles. The van der Waals surface area contributed by atoms with E-state index in [0.717, 1.165) is 71.0 Å². The van der Waals surface area contributed by atoms with Gasteiger partial charge in [0.05, 0.1) is 13.2 Å². The van der Waals surface area contributed by atoms with Gasteiger partial charge in [-0.25, -0.2) is 0 Å². The van der Waals surface area contributed by atoms with Gasteiger partial charge in [-0.15, -0.1) is 0 Å². The summed E-state index contributed by atoms with van der Waals surface area (Å²) in [6.07, 6.45) is 35.9. The quantitative estimate of drug-likeness (QED) is 0.0497. The summed E-state index contributed by atoms with van der Waals surface area (Å²) in [7, 11) is 0. The van der Waals surface area contributed by atoms with Gasteiger partial charge in [0, 0.05) is 19.4 Å². The largest absolute Gasteiger partial charge is 0.466 e. The molecule has 310 valence electrons. The molecule has 0 fully saturated rings. The van der Waals surface area contributed by atoms with Crippen molar-refractivity contribution in [2.24, 2.45) is 11.3 Å². The zero-order valence-corrected chi connectivity index (χ0v) is 35.8. The first-order chi connectivity index (χ1) is 25.3. The molecule has 0 aliphatic rings. The highest BCUT2D eigenvalue weighted by Crippen LogP contribution is 2.26. The monoisotopic (exact) mass is 738 g/mol. The molecule has 0 aromatic rings. The molecule has 0 aromatic carbocycles. The molecule has 0 aliphatic heterocycles. The third-order valence-electron chi connectivity index (χ3n) is 10.9. The van der Waals surface area contributed by atoms with Crippen LogP contribution in [0.3, 0.4) is 0 Å². The van der Waals surface area contributed by atoms with Crippen LogP contribution in [0.4, 0.5) is 0 Å². The lowest BCUT2D eigenvalue weighted by Gasteiger charge is -2.25. The van der Waals surface area contributed by atoms with Crippen LogP contribution in [0.15, 0.2) is 0 Å². The second-order valence-corrected chi connectivity index (χ2v) is 16.9. The maximum atomic E-state index is 12.7. The Labute approximate surface area is 324 Å². The summed E-state index contributed by atoms with van der Waals surface area (Å²) >= 11 is 0. The smallest absolute Gasteiger partial charge is 0.305 e. The van der Waals surface area contributed by atoms with Crippen molar-refractivity contribution < 1.29 is 24.2 Å². The zero-order chi connectivity index (χ0) is 38.4. The maximum Gasteiger partial charge on any atom is 0.305 e. The van der Waals surface area contributed by atoms with Crippen molar-refractivity contribution in [3.8, 4) is 0 Å². The van der Waals surface area contributed by atoms with Gasteiger partial charge >= 0.3 is 11.9 Å². The summed E-state index contributed by atoms with van der Waals surface area (Å²) in [5, 5.41) is 9.29. The van der Waals surface area contributed by atoms with Gasteiger partial charge < -0.3 is 19.5 Å². The molecular formula is C46H91NO5. The third-order valence-corrected chi connectivity index (χ3v) is 10.9. The molecule has 0 bridgehead atoms. The molecule has 0 heterocycles. The minimum Gasteiger partial charge on any atom is -0.466 e. The van der Waals surface area contributed by atoms with Gasteiger partial charge in [-0.1, -0.05) is 169 Å². The highest BCUT2D eigenvalue weighted by atomic mass is 16.5. The molecule has 0 amide bonds. The van der Waals surface area contributed by atoms with Crippen LogP contribution in [0.1, 0.15) is 234 Å². The Morgan fingerprint density at radius 3 is 1.56 bits per heavy atom. The van der Waals surface area contributed by atoms with Crippen LogP contribution in [0, 0.1) is 11.3 Å². The third kappa shape index (κ3) is 35.9. The number of hydrogen-bond donors (Lipinski definition) is 1. The van der Waals surface area contributed by atoms with E-state index in [2.05, 4.69) is 39.5 Å². The first-order valence-electron chi connectivity index (χ1n) is 22.9. The summed E-state index contributed by atoms with van der Waals surface area (Å²) < 4.78 is 11.3. The molecule has 52 heavy (non-hydrogen) atoms. The molecule has 0 spiro atoms. The van der Waals surface area contributed by atoms with Gasteiger partial charge in [0.25, 0.3) is 0 Å². The lowest BCUT2D eigenvalue weighted by molar-refractivity contribution is -0.147. The van der Waals surface area contributed by atoms with Gasteiger partial charge in [-0.05, 0) is 82.3 Å². The van der Waals surface area contributed by atoms with Gasteiger partial charge in [-0.2, -0.15) is 0 Å². The Kier molecular flexibility index (Phi) is 37.3. The zero-order valence-electron chi connectivity index (χ0n) is 35.8. The minimum absolute atomic E-state index is 0.00435. The summed E-state index contributed by atoms with van der Waals surface area (Å²) in [5.41, 5.74) is 0.0144. The highest BCUT2D eigenvalue weighted by Gasteiger charge is 2.21. The number of nitrogens with zero attached hydrogens (tertiary/aromatic N) is 1. The number of carbonyl (C=O) groups is 2. The molecule has 0 radical (unpaired) electrons. The molecule has 0 unspecified atom stereocenters. The lowest BCUT2D eigenvalue weighted by atomic mass is 9.88. The van der Waals surface area contributed by atoms with E-state index in [4.69, 9.17) is 9.47 Å². The molecule has 1 N–H and O–H groups in total. The molecule has 0 aliphatic carbocycles. The summed E-state index contributed by atoms with van der Waals surface area (Å²) in [4.78, 5) is 27.3. The first kappa shape index (κ1) is 50.9. The molecular weight excluding hydrogens is 647 g/mol. The summed E-state index contributed by atoms with van der Waals surface area (Å²) in [5.74, 6) is 0.644. The van der Waals surface area contributed by atoms with Crippen molar-refractivity contribution in [2.75, 3.05) is 39.5 Å². The van der Waals surface area contributed by atoms with Crippen LogP contribution in [0.5, 0.6) is 0 Å². The number of esters is 2. The number of rotatable bonds is 41. The fraction of sp³-hybridized carbons (Fsp3) is 0.957. The van der Waals surface area contributed by atoms with Crippen molar-refractivity contribution in [3.05, 3.63) is 0 Å². The van der Waals surface area contributed by atoms with Crippen molar-refractivity contribution in [1.29, 1.82) is 0 Å². The van der Waals surface area contributed by atoms with Crippen LogP contribution >= 0.6 is 0 Å². The van der Waals surface area contributed by atoms with E-state index in [1.807, 2.05) is 0 Å². The topological polar surface area (TPSA) is 76.1 Å². The molecule has 0 aromatic heterocycles. The van der Waals surface area contributed by atoms with Gasteiger partial charge in [0.1, 0.15) is 0 Å². The number of hydrogen-bond acceptors (Lipinski definition) is 6. The average molecular weight is 738 g/mol. The molecule has 0 rings (SSSR count). The fourth-order valence-electron chi connectivity index (χ4n) is 7.25. The van der Waals surface area contributed by atoms with Crippen LogP contribution in [0.2, 0.25) is 0 Å². The van der Waals surface area contributed by atoms with E-state index in [1.165, 1.54) is 135 Å². The van der Waals surface area contributed by atoms with Gasteiger partial charge in [-0.3, -0.25) is 9.59 Å².